The number of sulfonamides is 1. The van der Waals surface area contributed by atoms with Gasteiger partial charge in [-0.05, 0) is 48.0 Å². The largest absolute Gasteiger partial charge is 0.497 e. The molecule has 0 atom stereocenters. The van der Waals surface area contributed by atoms with Gasteiger partial charge in [0.05, 0.1) is 27.8 Å². The smallest absolute Gasteiger partial charge is 0.278 e. The fourth-order valence-electron chi connectivity index (χ4n) is 2.53. The number of nitro groups is 1. The van der Waals surface area contributed by atoms with Crippen LogP contribution in [0.4, 0.5) is 5.69 Å². The van der Waals surface area contributed by atoms with Crippen molar-refractivity contribution < 1.29 is 18.1 Å². The number of ether oxygens (including phenoxy) is 1. The third-order valence-electron chi connectivity index (χ3n) is 3.85. The van der Waals surface area contributed by atoms with E-state index in [0.717, 1.165) is 0 Å². The summed E-state index contributed by atoms with van der Waals surface area (Å²) in [7, 11) is -2.25. The average Bonchev–Trinajstić information content (AvgIpc) is 2.66. The number of rotatable bonds is 6. The maximum absolute atomic E-state index is 12.4. The van der Waals surface area contributed by atoms with E-state index >= 15 is 0 Å². The molecule has 3 aromatic rings. The van der Waals surface area contributed by atoms with Crippen molar-refractivity contribution >= 4 is 26.6 Å². The number of fused-ring (bicyclic) bond motifs is 1. The van der Waals surface area contributed by atoms with Crippen molar-refractivity contribution in [2.24, 2.45) is 0 Å². The van der Waals surface area contributed by atoms with Crippen molar-refractivity contribution in [3.63, 3.8) is 0 Å². The lowest BCUT2D eigenvalue weighted by Gasteiger charge is -2.09. The Morgan fingerprint density at radius 2 is 1.88 bits per heavy atom. The second kappa shape index (κ2) is 7.06. The minimum absolute atomic E-state index is 0.0418. The number of nitrogens with one attached hydrogen (secondary N) is 1. The summed E-state index contributed by atoms with van der Waals surface area (Å²) in [5, 5.41) is 11.5. The highest BCUT2D eigenvalue weighted by molar-refractivity contribution is 7.89. The quantitative estimate of drug-likeness (QED) is 0.525. The Hall–Kier alpha value is -3.04. The second-order valence-corrected chi connectivity index (χ2v) is 7.17. The highest BCUT2D eigenvalue weighted by Gasteiger charge is 2.18. The molecule has 0 amide bonds. The summed E-state index contributed by atoms with van der Waals surface area (Å²) in [4.78, 5) is 14.9. The molecule has 0 unspecified atom stereocenters. The van der Waals surface area contributed by atoms with Crippen molar-refractivity contribution in [3.05, 3.63) is 70.4 Å². The van der Waals surface area contributed by atoms with Gasteiger partial charge in [-0.1, -0.05) is 0 Å². The molecule has 134 valence electrons. The van der Waals surface area contributed by atoms with E-state index < -0.39 is 14.9 Å². The van der Waals surface area contributed by atoms with Gasteiger partial charge in [-0.3, -0.25) is 15.1 Å². The molecule has 1 heterocycles. The molecule has 8 nitrogen and oxygen atoms in total. The molecule has 0 radical (unpaired) electrons. The SMILES string of the molecule is COc1ccc(S(=O)(=O)NCc2ccc([N+](=O)[O-])c3cccnc23)cc1. The lowest BCUT2D eigenvalue weighted by atomic mass is 10.1. The van der Waals surface area contributed by atoms with Gasteiger partial charge < -0.3 is 4.74 Å². The van der Waals surface area contributed by atoms with Crippen LogP contribution in [0.3, 0.4) is 0 Å². The van der Waals surface area contributed by atoms with Gasteiger partial charge in [0.1, 0.15) is 5.75 Å². The molecular formula is C17H15N3O5S. The number of nitrogens with zero attached hydrogens (tertiary/aromatic N) is 2. The third kappa shape index (κ3) is 3.48. The number of methoxy groups -OCH3 is 1. The Morgan fingerprint density at radius 3 is 2.54 bits per heavy atom. The van der Waals surface area contributed by atoms with E-state index in [1.807, 2.05) is 0 Å². The van der Waals surface area contributed by atoms with E-state index in [9.17, 15) is 18.5 Å². The summed E-state index contributed by atoms with van der Waals surface area (Å²) in [5.41, 5.74) is 0.859. The van der Waals surface area contributed by atoms with Crippen LogP contribution in [0, 0.1) is 10.1 Å². The van der Waals surface area contributed by atoms with Crippen molar-refractivity contribution in [3.8, 4) is 5.75 Å². The first kappa shape index (κ1) is 17.8. The molecule has 0 aliphatic heterocycles. The fraction of sp³-hybridized carbons (Fsp3) is 0.118. The van der Waals surface area contributed by atoms with Crippen LogP contribution in [-0.2, 0) is 16.6 Å². The van der Waals surface area contributed by atoms with E-state index in [2.05, 4.69) is 9.71 Å². The van der Waals surface area contributed by atoms with Crippen molar-refractivity contribution in [2.45, 2.75) is 11.4 Å². The van der Waals surface area contributed by atoms with Crippen LogP contribution in [0.1, 0.15) is 5.56 Å². The average molecular weight is 373 g/mol. The molecule has 26 heavy (non-hydrogen) atoms. The van der Waals surface area contributed by atoms with Crippen molar-refractivity contribution in [1.82, 2.24) is 9.71 Å². The van der Waals surface area contributed by atoms with Crippen LogP contribution in [0.5, 0.6) is 5.75 Å². The molecule has 2 aromatic carbocycles. The monoisotopic (exact) mass is 373 g/mol. The molecule has 0 spiro atoms. The zero-order valence-electron chi connectivity index (χ0n) is 13.7. The molecule has 0 saturated carbocycles. The Balaban J connectivity index is 1.89. The lowest BCUT2D eigenvalue weighted by Crippen LogP contribution is -2.23. The van der Waals surface area contributed by atoms with Gasteiger partial charge in [0.25, 0.3) is 5.69 Å². The molecule has 1 aromatic heterocycles. The molecule has 0 aliphatic rings. The maximum atomic E-state index is 12.4. The van der Waals surface area contributed by atoms with Crippen LogP contribution in [-0.4, -0.2) is 25.4 Å². The summed E-state index contributed by atoms with van der Waals surface area (Å²) < 4.78 is 32.4. The highest BCUT2D eigenvalue weighted by atomic mass is 32.2. The first-order chi connectivity index (χ1) is 12.4. The number of nitro benzene ring substituents is 1. The summed E-state index contributed by atoms with van der Waals surface area (Å²) in [5.74, 6) is 0.550. The van der Waals surface area contributed by atoms with Crippen LogP contribution in [0.25, 0.3) is 10.9 Å². The molecule has 0 fully saturated rings. The van der Waals surface area contributed by atoms with Crippen LogP contribution in [0.2, 0.25) is 0 Å². The van der Waals surface area contributed by atoms with Crippen LogP contribution >= 0.6 is 0 Å². The number of hydrogen-bond donors (Lipinski definition) is 1. The van der Waals surface area contributed by atoms with E-state index in [1.165, 1.54) is 37.6 Å². The number of aromatic nitrogens is 1. The minimum atomic E-state index is -3.75. The van der Waals surface area contributed by atoms with E-state index in [4.69, 9.17) is 4.74 Å². The van der Waals surface area contributed by atoms with Crippen LogP contribution in [0.15, 0.2) is 59.6 Å². The lowest BCUT2D eigenvalue weighted by molar-refractivity contribution is -0.383. The Labute approximate surface area is 149 Å². The van der Waals surface area contributed by atoms with Gasteiger partial charge in [-0.2, -0.15) is 0 Å². The molecule has 1 N–H and O–H groups in total. The van der Waals surface area contributed by atoms with E-state index in [0.29, 0.717) is 22.2 Å². The predicted octanol–water partition coefficient (Wildman–Crippen LogP) is 2.63. The topological polar surface area (TPSA) is 111 Å². The fourth-order valence-corrected chi connectivity index (χ4v) is 3.54. The number of hydrogen-bond acceptors (Lipinski definition) is 6. The van der Waals surface area contributed by atoms with Crippen molar-refractivity contribution in [1.29, 1.82) is 0 Å². The van der Waals surface area contributed by atoms with E-state index in [-0.39, 0.29) is 17.1 Å². The molecule has 0 aliphatic carbocycles. The van der Waals surface area contributed by atoms with Gasteiger partial charge in [0.15, 0.2) is 0 Å². The third-order valence-corrected chi connectivity index (χ3v) is 5.27. The summed E-state index contributed by atoms with van der Waals surface area (Å²) in [6, 6.07) is 12.0. The predicted molar refractivity (Wildman–Crippen MR) is 95.4 cm³/mol. The minimum Gasteiger partial charge on any atom is -0.497 e. The number of non-ortho nitro benzene ring substituents is 1. The second-order valence-electron chi connectivity index (χ2n) is 5.40. The highest BCUT2D eigenvalue weighted by Crippen LogP contribution is 2.27. The van der Waals surface area contributed by atoms with Crippen LogP contribution < -0.4 is 9.46 Å². The summed E-state index contributed by atoms with van der Waals surface area (Å²) in [6.07, 6.45) is 1.51. The zero-order chi connectivity index (χ0) is 18.7. The number of pyridine rings is 1. The zero-order valence-corrected chi connectivity index (χ0v) is 14.6. The molecule has 0 bridgehead atoms. The normalized spacial score (nSPS) is 11.4. The van der Waals surface area contributed by atoms with Gasteiger partial charge in [0.2, 0.25) is 10.0 Å². The van der Waals surface area contributed by atoms with Gasteiger partial charge >= 0.3 is 0 Å². The first-order valence-electron chi connectivity index (χ1n) is 7.57. The van der Waals surface area contributed by atoms with Crippen molar-refractivity contribution in [2.75, 3.05) is 7.11 Å². The standard InChI is InChI=1S/C17H15N3O5S/c1-25-13-5-7-14(8-6-13)26(23,24)19-11-12-4-9-16(20(21)22)15-3-2-10-18-17(12)15/h2-10,19H,11H2,1H3. The summed E-state index contributed by atoms with van der Waals surface area (Å²) in [6.45, 7) is -0.0418. The Kier molecular flexibility index (Phi) is 4.83. The van der Waals surface area contributed by atoms with Gasteiger partial charge in [0, 0.05) is 18.8 Å². The Morgan fingerprint density at radius 1 is 1.15 bits per heavy atom. The number of benzene rings is 2. The summed E-state index contributed by atoms with van der Waals surface area (Å²) >= 11 is 0. The molecule has 3 rings (SSSR count). The molecule has 0 saturated heterocycles. The van der Waals surface area contributed by atoms with E-state index in [1.54, 1.807) is 24.3 Å². The molecule has 9 heteroatoms. The van der Waals surface area contributed by atoms with Gasteiger partial charge in [-0.25, -0.2) is 13.1 Å². The first-order valence-corrected chi connectivity index (χ1v) is 9.05. The Bertz CT molecular complexity index is 1070. The van der Waals surface area contributed by atoms with Gasteiger partial charge in [-0.15, -0.1) is 0 Å². The maximum Gasteiger partial charge on any atom is 0.278 e. The molecular weight excluding hydrogens is 358 g/mol.